The number of carbonyl (C=O) groups excluding carboxylic acids is 2. The molecule has 138 valence electrons. The number of nitrogens with one attached hydrogen (secondary N) is 1. The Labute approximate surface area is 145 Å². The minimum atomic E-state index is -0.558. The van der Waals surface area contributed by atoms with Crippen molar-refractivity contribution in [3.05, 3.63) is 0 Å². The molecule has 0 aromatic heterocycles. The van der Waals surface area contributed by atoms with Crippen LogP contribution >= 0.6 is 0 Å². The van der Waals surface area contributed by atoms with E-state index in [0.717, 1.165) is 25.4 Å². The molecule has 0 aromatic rings. The highest BCUT2D eigenvalue weighted by molar-refractivity contribution is 5.86. The van der Waals surface area contributed by atoms with E-state index in [9.17, 15) is 9.59 Å². The molecule has 2 fully saturated rings. The van der Waals surface area contributed by atoms with E-state index in [-0.39, 0.29) is 17.9 Å². The fourth-order valence-corrected chi connectivity index (χ4v) is 3.59. The number of methoxy groups -OCH3 is 1. The van der Waals surface area contributed by atoms with Gasteiger partial charge in [-0.2, -0.15) is 0 Å². The third-order valence-electron chi connectivity index (χ3n) is 5.19. The summed E-state index contributed by atoms with van der Waals surface area (Å²) in [5.74, 6) is 0.733. The predicted molar refractivity (Wildman–Crippen MR) is 91.7 cm³/mol. The number of piperidine rings is 1. The molecular weight excluding hydrogens is 308 g/mol. The third kappa shape index (κ3) is 5.36. The molecular formula is C18H32N2O4. The SMILES string of the molecule is COC(=O)NC(C(=O)N1CCC(OCC2CCCC2)CC1)C(C)C. The lowest BCUT2D eigenvalue weighted by atomic mass is 10.0. The molecule has 1 aliphatic carbocycles. The van der Waals surface area contributed by atoms with Gasteiger partial charge in [-0.15, -0.1) is 0 Å². The maximum Gasteiger partial charge on any atom is 0.407 e. The Morgan fingerprint density at radius 2 is 1.75 bits per heavy atom. The van der Waals surface area contributed by atoms with E-state index >= 15 is 0 Å². The summed E-state index contributed by atoms with van der Waals surface area (Å²) in [7, 11) is 1.31. The summed E-state index contributed by atoms with van der Waals surface area (Å²) in [6, 6.07) is -0.534. The number of hydrogen-bond acceptors (Lipinski definition) is 4. The van der Waals surface area contributed by atoms with Gasteiger partial charge >= 0.3 is 6.09 Å². The molecule has 1 unspecified atom stereocenters. The molecule has 1 atom stereocenters. The van der Waals surface area contributed by atoms with Gasteiger partial charge in [0, 0.05) is 19.7 Å². The number of likely N-dealkylation sites (tertiary alicyclic amines) is 1. The fraction of sp³-hybridized carbons (Fsp3) is 0.889. The van der Waals surface area contributed by atoms with Crippen molar-refractivity contribution in [2.45, 2.75) is 64.5 Å². The molecule has 1 N–H and O–H groups in total. The molecule has 1 saturated heterocycles. The average molecular weight is 340 g/mol. The van der Waals surface area contributed by atoms with Gasteiger partial charge in [-0.1, -0.05) is 26.7 Å². The Morgan fingerprint density at radius 1 is 1.12 bits per heavy atom. The summed E-state index contributed by atoms with van der Waals surface area (Å²) in [6.45, 7) is 6.11. The highest BCUT2D eigenvalue weighted by atomic mass is 16.5. The average Bonchev–Trinajstić information content (AvgIpc) is 3.10. The molecule has 2 amide bonds. The minimum absolute atomic E-state index is 0.0212. The van der Waals surface area contributed by atoms with Crippen LogP contribution in [0, 0.1) is 11.8 Å². The van der Waals surface area contributed by atoms with Gasteiger partial charge in [0.2, 0.25) is 5.91 Å². The smallest absolute Gasteiger partial charge is 0.407 e. The first-order valence-electron chi connectivity index (χ1n) is 9.26. The molecule has 2 aliphatic rings. The summed E-state index contributed by atoms with van der Waals surface area (Å²) >= 11 is 0. The molecule has 0 radical (unpaired) electrons. The van der Waals surface area contributed by atoms with Gasteiger partial charge in [0.1, 0.15) is 6.04 Å². The third-order valence-corrected chi connectivity index (χ3v) is 5.19. The van der Waals surface area contributed by atoms with Crippen molar-refractivity contribution in [1.29, 1.82) is 0 Å². The number of hydrogen-bond donors (Lipinski definition) is 1. The zero-order chi connectivity index (χ0) is 17.5. The first kappa shape index (κ1) is 19.0. The predicted octanol–water partition coefficient (Wildman–Crippen LogP) is 2.56. The van der Waals surface area contributed by atoms with Crippen LogP contribution in [-0.4, -0.2) is 55.9 Å². The van der Waals surface area contributed by atoms with Crippen molar-refractivity contribution >= 4 is 12.0 Å². The largest absolute Gasteiger partial charge is 0.453 e. The second-order valence-electron chi connectivity index (χ2n) is 7.37. The molecule has 1 aliphatic heterocycles. The first-order valence-corrected chi connectivity index (χ1v) is 9.26. The van der Waals surface area contributed by atoms with Crippen molar-refractivity contribution < 1.29 is 19.1 Å². The number of alkyl carbamates (subject to hydrolysis) is 1. The summed E-state index contributed by atoms with van der Waals surface area (Å²) in [6.07, 6.45) is 6.73. The Kier molecular flexibility index (Phi) is 7.34. The summed E-state index contributed by atoms with van der Waals surface area (Å²) in [5, 5.41) is 2.65. The molecule has 0 aromatic carbocycles. The molecule has 1 saturated carbocycles. The lowest BCUT2D eigenvalue weighted by molar-refractivity contribution is -0.137. The topological polar surface area (TPSA) is 67.9 Å². The molecule has 2 rings (SSSR count). The molecule has 0 spiro atoms. The number of carbonyl (C=O) groups is 2. The monoisotopic (exact) mass is 340 g/mol. The first-order chi connectivity index (χ1) is 11.5. The van der Waals surface area contributed by atoms with Crippen LogP contribution < -0.4 is 5.32 Å². The highest BCUT2D eigenvalue weighted by Gasteiger charge is 2.31. The van der Waals surface area contributed by atoms with Crippen molar-refractivity contribution in [3.8, 4) is 0 Å². The van der Waals surface area contributed by atoms with Gasteiger partial charge in [-0.25, -0.2) is 4.79 Å². The van der Waals surface area contributed by atoms with Crippen molar-refractivity contribution in [3.63, 3.8) is 0 Å². The van der Waals surface area contributed by atoms with Crippen molar-refractivity contribution in [1.82, 2.24) is 10.2 Å². The summed E-state index contributed by atoms with van der Waals surface area (Å²) < 4.78 is 10.7. The second kappa shape index (κ2) is 9.25. The molecule has 6 heteroatoms. The number of nitrogens with zero attached hydrogens (tertiary/aromatic N) is 1. The Bertz CT molecular complexity index is 413. The maximum atomic E-state index is 12.7. The van der Waals surface area contributed by atoms with Crippen molar-refractivity contribution in [2.75, 3.05) is 26.8 Å². The van der Waals surface area contributed by atoms with Gasteiger partial charge in [0.05, 0.1) is 13.2 Å². The van der Waals surface area contributed by atoms with Crippen molar-refractivity contribution in [2.24, 2.45) is 11.8 Å². The zero-order valence-electron chi connectivity index (χ0n) is 15.3. The van der Waals surface area contributed by atoms with Crippen LogP contribution in [0.5, 0.6) is 0 Å². The number of rotatable bonds is 6. The van der Waals surface area contributed by atoms with E-state index in [0.29, 0.717) is 13.1 Å². The summed E-state index contributed by atoms with van der Waals surface area (Å²) in [5.41, 5.74) is 0. The normalized spacial score (nSPS) is 21.1. The van der Waals surface area contributed by atoms with Crippen LogP contribution in [0.2, 0.25) is 0 Å². The van der Waals surface area contributed by atoms with E-state index in [1.165, 1.54) is 32.8 Å². The zero-order valence-corrected chi connectivity index (χ0v) is 15.3. The number of ether oxygens (including phenoxy) is 2. The Morgan fingerprint density at radius 3 is 2.29 bits per heavy atom. The van der Waals surface area contributed by atoms with E-state index in [2.05, 4.69) is 10.1 Å². The molecule has 1 heterocycles. The number of amides is 2. The molecule has 6 nitrogen and oxygen atoms in total. The summed E-state index contributed by atoms with van der Waals surface area (Å²) in [4.78, 5) is 26.0. The maximum absolute atomic E-state index is 12.7. The second-order valence-corrected chi connectivity index (χ2v) is 7.37. The van der Waals surface area contributed by atoms with E-state index < -0.39 is 12.1 Å². The van der Waals surface area contributed by atoms with Crippen LogP contribution in [-0.2, 0) is 14.3 Å². The quantitative estimate of drug-likeness (QED) is 0.807. The van der Waals surface area contributed by atoms with Crippen LogP contribution in [0.25, 0.3) is 0 Å². The highest BCUT2D eigenvalue weighted by Crippen LogP contribution is 2.26. The lowest BCUT2D eigenvalue weighted by Crippen LogP contribution is -2.53. The van der Waals surface area contributed by atoms with Gasteiger partial charge in [-0.05, 0) is 37.5 Å². The van der Waals surface area contributed by atoms with Crippen LogP contribution in [0.3, 0.4) is 0 Å². The fourth-order valence-electron chi connectivity index (χ4n) is 3.59. The van der Waals surface area contributed by atoms with Gasteiger partial charge in [0.15, 0.2) is 0 Å². The molecule has 0 bridgehead atoms. The van der Waals surface area contributed by atoms with Crippen LogP contribution in [0.15, 0.2) is 0 Å². The van der Waals surface area contributed by atoms with Gasteiger partial charge < -0.3 is 19.7 Å². The minimum Gasteiger partial charge on any atom is -0.453 e. The van der Waals surface area contributed by atoms with E-state index in [1.54, 1.807) is 0 Å². The van der Waals surface area contributed by atoms with Crippen LogP contribution in [0.1, 0.15) is 52.4 Å². The standard InChI is InChI=1S/C18H32N2O4/c1-13(2)16(19-18(22)23-3)17(21)20-10-8-15(9-11-20)24-12-14-6-4-5-7-14/h13-16H,4-12H2,1-3H3,(H,19,22). The van der Waals surface area contributed by atoms with Gasteiger partial charge in [0.25, 0.3) is 0 Å². The Balaban J connectivity index is 1.76. The van der Waals surface area contributed by atoms with E-state index in [4.69, 9.17) is 4.74 Å². The van der Waals surface area contributed by atoms with Crippen LogP contribution in [0.4, 0.5) is 4.79 Å². The molecule has 24 heavy (non-hydrogen) atoms. The lowest BCUT2D eigenvalue weighted by Gasteiger charge is -2.35. The van der Waals surface area contributed by atoms with Gasteiger partial charge in [-0.3, -0.25) is 4.79 Å². The Hall–Kier alpha value is -1.30. The van der Waals surface area contributed by atoms with E-state index in [1.807, 2.05) is 18.7 Å².